The smallest absolute Gasteiger partial charge is 0.306 e. The molecular weight excluding hydrogens is 372 g/mol. The van der Waals surface area contributed by atoms with E-state index in [4.69, 9.17) is 4.74 Å². The van der Waals surface area contributed by atoms with Gasteiger partial charge >= 0.3 is 5.97 Å². The molecule has 7 heteroatoms. The van der Waals surface area contributed by atoms with Crippen LogP contribution in [0.25, 0.3) is 0 Å². The van der Waals surface area contributed by atoms with E-state index in [-0.39, 0.29) is 24.5 Å². The van der Waals surface area contributed by atoms with Gasteiger partial charge < -0.3 is 15.4 Å². The van der Waals surface area contributed by atoms with Gasteiger partial charge in [-0.2, -0.15) is 0 Å². The first kappa shape index (κ1) is 21.8. The van der Waals surface area contributed by atoms with Crippen LogP contribution in [0.5, 0.6) is 0 Å². The molecule has 2 aromatic carbocycles. The number of hydrogen-bond acceptors (Lipinski definition) is 5. The van der Waals surface area contributed by atoms with E-state index in [1.54, 1.807) is 30.3 Å². The van der Waals surface area contributed by atoms with Gasteiger partial charge in [0.2, 0.25) is 5.91 Å². The lowest BCUT2D eigenvalue weighted by molar-refractivity contribution is -0.147. The van der Waals surface area contributed by atoms with Gasteiger partial charge in [-0.3, -0.25) is 19.2 Å². The molecule has 0 saturated heterocycles. The number of para-hydroxylation sites is 1. The number of esters is 1. The van der Waals surface area contributed by atoms with E-state index in [2.05, 4.69) is 10.6 Å². The normalized spacial score (nSPS) is 10.1. The second-order valence-electron chi connectivity index (χ2n) is 6.40. The Bertz CT molecular complexity index is 890. The molecule has 2 aromatic rings. The Kier molecular flexibility index (Phi) is 8.09. The van der Waals surface area contributed by atoms with Gasteiger partial charge in [-0.05, 0) is 49.2 Å². The van der Waals surface area contributed by atoms with Crippen molar-refractivity contribution in [3.05, 3.63) is 59.7 Å². The molecule has 2 rings (SSSR count). The van der Waals surface area contributed by atoms with Crippen LogP contribution in [0.15, 0.2) is 48.5 Å². The number of Topliss-reactive ketones (excluding diaryl/α,β-unsaturated/α-hetero) is 1. The summed E-state index contributed by atoms with van der Waals surface area (Å²) in [6.45, 7) is 3.03. The third-order valence-corrected chi connectivity index (χ3v) is 4.17. The maximum Gasteiger partial charge on any atom is 0.306 e. The van der Waals surface area contributed by atoms with Gasteiger partial charge in [0.25, 0.3) is 5.91 Å². The second-order valence-corrected chi connectivity index (χ2v) is 6.40. The van der Waals surface area contributed by atoms with Crippen LogP contribution in [-0.4, -0.2) is 30.2 Å². The van der Waals surface area contributed by atoms with Gasteiger partial charge in [-0.15, -0.1) is 0 Å². The van der Waals surface area contributed by atoms with E-state index >= 15 is 0 Å². The summed E-state index contributed by atoms with van der Waals surface area (Å²) in [5.74, 6) is -1.49. The average Bonchev–Trinajstić information content (AvgIpc) is 2.71. The van der Waals surface area contributed by atoms with Crippen LogP contribution in [0.1, 0.15) is 42.6 Å². The molecule has 0 unspecified atom stereocenters. The van der Waals surface area contributed by atoms with E-state index in [0.717, 1.165) is 12.0 Å². The molecule has 0 saturated carbocycles. The predicted octanol–water partition coefficient (Wildman–Crippen LogP) is 3.35. The summed E-state index contributed by atoms with van der Waals surface area (Å²) in [6, 6.07) is 13.9. The van der Waals surface area contributed by atoms with Crippen molar-refractivity contribution in [2.75, 3.05) is 17.2 Å². The van der Waals surface area contributed by atoms with Crippen LogP contribution in [0.3, 0.4) is 0 Å². The van der Waals surface area contributed by atoms with Gasteiger partial charge in [0, 0.05) is 23.4 Å². The average molecular weight is 396 g/mol. The number of amides is 2. The van der Waals surface area contributed by atoms with Gasteiger partial charge in [0.15, 0.2) is 12.4 Å². The number of carbonyl (C=O) groups is 4. The standard InChI is InChI=1S/C22H24N2O5/c1-3-16-6-4-5-7-19(16)24-21(27)14-29-22(28)13-12-20(26)23-18-10-8-17(9-11-18)15(2)25/h4-11H,3,12-14H2,1-2H3,(H,23,26)(H,24,27). The van der Waals surface area contributed by atoms with E-state index < -0.39 is 18.5 Å². The van der Waals surface area contributed by atoms with E-state index in [9.17, 15) is 19.2 Å². The third kappa shape index (κ3) is 7.21. The molecule has 152 valence electrons. The Labute approximate surface area is 169 Å². The zero-order valence-electron chi connectivity index (χ0n) is 16.5. The first-order valence-corrected chi connectivity index (χ1v) is 9.33. The molecule has 0 aliphatic heterocycles. The molecule has 2 N–H and O–H groups in total. The lowest BCUT2D eigenvalue weighted by Crippen LogP contribution is -2.22. The maximum atomic E-state index is 11.9. The molecule has 0 aliphatic carbocycles. The largest absolute Gasteiger partial charge is 0.456 e. The highest BCUT2D eigenvalue weighted by Crippen LogP contribution is 2.15. The van der Waals surface area contributed by atoms with Crippen molar-refractivity contribution in [1.82, 2.24) is 0 Å². The lowest BCUT2D eigenvalue weighted by atomic mass is 10.1. The molecule has 0 aliphatic rings. The molecule has 7 nitrogen and oxygen atoms in total. The summed E-state index contributed by atoms with van der Waals surface area (Å²) >= 11 is 0. The minimum absolute atomic E-state index is 0.0622. The fourth-order valence-corrected chi connectivity index (χ4v) is 2.58. The first-order valence-electron chi connectivity index (χ1n) is 9.33. The molecule has 29 heavy (non-hydrogen) atoms. The van der Waals surface area contributed by atoms with Crippen molar-refractivity contribution >= 4 is 34.9 Å². The topological polar surface area (TPSA) is 102 Å². The third-order valence-electron chi connectivity index (χ3n) is 4.17. The molecule has 0 radical (unpaired) electrons. The molecule has 0 atom stereocenters. The molecule has 2 amide bonds. The summed E-state index contributed by atoms with van der Waals surface area (Å²) < 4.78 is 4.92. The van der Waals surface area contributed by atoms with Gasteiger partial charge in [-0.25, -0.2) is 0 Å². The van der Waals surface area contributed by atoms with Crippen LogP contribution in [0.4, 0.5) is 11.4 Å². The Morgan fingerprint density at radius 1 is 0.862 bits per heavy atom. The number of nitrogens with one attached hydrogen (secondary N) is 2. The zero-order valence-corrected chi connectivity index (χ0v) is 16.5. The number of carbonyl (C=O) groups excluding carboxylic acids is 4. The number of hydrogen-bond donors (Lipinski definition) is 2. The monoisotopic (exact) mass is 396 g/mol. The van der Waals surface area contributed by atoms with Gasteiger partial charge in [0.05, 0.1) is 6.42 Å². The van der Waals surface area contributed by atoms with Crippen molar-refractivity contribution in [2.24, 2.45) is 0 Å². The summed E-state index contributed by atoms with van der Waals surface area (Å²) in [5.41, 5.74) is 2.75. The number of aryl methyl sites for hydroxylation is 1. The van der Waals surface area contributed by atoms with Gasteiger partial charge in [0.1, 0.15) is 0 Å². The molecule has 0 heterocycles. The molecule has 0 fully saturated rings. The SMILES string of the molecule is CCc1ccccc1NC(=O)COC(=O)CCC(=O)Nc1ccc(C(C)=O)cc1. The lowest BCUT2D eigenvalue weighted by Gasteiger charge is -2.10. The highest BCUT2D eigenvalue weighted by atomic mass is 16.5. The molecule has 0 spiro atoms. The van der Waals surface area contributed by atoms with E-state index in [1.807, 2.05) is 25.1 Å². The molecule has 0 aromatic heterocycles. The molecular formula is C22H24N2O5. The highest BCUT2D eigenvalue weighted by Gasteiger charge is 2.12. The Balaban J connectivity index is 1.71. The Hall–Kier alpha value is -3.48. The Morgan fingerprint density at radius 3 is 2.21 bits per heavy atom. The van der Waals surface area contributed by atoms with Crippen LogP contribution >= 0.6 is 0 Å². The second kappa shape index (κ2) is 10.8. The fraction of sp³-hybridized carbons (Fsp3) is 0.273. The minimum atomic E-state index is -0.633. The van der Waals surface area contributed by atoms with E-state index in [1.165, 1.54) is 6.92 Å². The van der Waals surface area contributed by atoms with Crippen LogP contribution < -0.4 is 10.6 Å². The number of ketones is 1. The number of benzene rings is 2. The van der Waals surface area contributed by atoms with Crippen molar-refractivity contribution in [3.63, 3.8) is 0 Å². The van der Waals surface area contributed by atoms with Crippen LogP contribution in [0, 0.1) is 0 Å². The van der Waals surface area contributed by atoms with E-state index in [0.29, 0.717) is 16.9 Å². The van der Waals surface area contributed by atoms with Gasteiger partial charge in [-0.1, -0.05) is 25.1 Å². The Morgan fingerprint density at radius 2 is 1.55 bits per heavy atom. The minimum Gasteiger partial charge on any atom is -0.456 e. The zero-order chi connectivity index (χ0) is 21.2. The number of rotatable bonds is 9. The van der Waals surface area contributed by atoms with Crippen molar-refractivity contribution in [1.29, 1.82) is 0 Å². The maximum absolute atomic E-state index is 11.9. The van der Waals surface area contributed by atoms with Crippen molar-refractivity contribution in [2.45, 2.75) is 33.1 Å². The number of anilines is 2. The molecule has 0 bridgehead atoms. The highest BCUT2D eigenvalue weighted by molar-refractivity contribution is 5.96. The number of ether oxygens (including phenoxy) is 1. The van der Waals surface area contributed by atoms with Crippen molar-refractivity contribution in [3.8, 4) is 0 Å². The summed E-state index contributed by atoms with van der Waals surface area (Å²) in [7, 11) is 0. The summed E-state index contributed by atoms with van der Waals surface area (Å²) in [4.78, 5) is 46.9. The van der Waals surface area contributed by atoms with Crippen LogP contribution in [-0.2, 0) is 25.5 Å². The predicted molar refractivity (Wildman–Crippen MR) is 110 cm³/mol. The summed E-state index contributed by atoms with van der Waals surface area (Å²) in [6.07, 6.45) is 0.548. The fourth-order valence-electron chi connectivity index (χ4n) is 2.58. The first-order chi connectivity index (χ1) is 13.9. The summed E-state index contributed by atoms with van der Waals surface area (Å²) in [5, 5.41) is 5.34. The van der Waals surface area contributed by atoms with Crippen molar-refractivity contribution < 1.29 is 23.9 Å². The quantitative estimate of drug-likeness (QED) is 0.500. The van der Waals surface area contributed by atoms with Crippen LogP contribution in [0.2, 0.25) is 0 Å².